The minimum atomic E-state index is -0.563. The van der Waals surface area contributed by atoms with Gasteiger partial charge in [0.15, 0.2) is 18.1 Å². The number of carbonyl (C=O) groups excluding carboxylic acids is 1. The average Bonchev–Trinajstić information content (AvgIpc) is 2.99. The predicted molar refractivity (Wildman–Crippen MR) is 73.1 cm³/mol. The summed E-state index contributed by atoms with van der Waals surface area (Å²) in [5.41, 5.74) is 0. The van der Waals surface area contributed by atoms with Gasteiger partial charge in [0.2, 0.25) is 0 Å². The van der Waals surface area contributed by atoms with Crippen LogP contribution in [0.15, 0.2) is 12.4 Å². The van der Waals surface area contributed by atoms with E-state index in [0.29, 0.717) is 19.6 Å². The van der Waals surface area contributed by atoms with Gasteiger partial charge in [-0.25, -0.2) is 0 Å². The van der Waals surface area contributed by atoms with Gasteiger partial charge >= 0.3 is 0 Å². The van der Waals surface area contributed by atoms with E-state index in [2.05, 4.69) is 17.1 Å². The molecule has 0 aromatic carbocycles. The van der Waals surface area contributed by atoms with Crippen molar-refractivity contribution in [3.63, 3.8) is 0 Å². The van der Waals surface area contributed by atoms with Crippen LogP contribution in [0.2, 0.25) is 0 Å². The van der Waals surface area contributed by atoms with Crippen LogP contribution in [0, 0.1) is 0 Å². The van der Waals surface area contributed by atoms with Crippen molar-refractivity contribution in [1.29, 1.82) is 0 Å². The second-order valence-corrected chi connectivity index (χ2v) is 5.03. The molecule has 2 rings (SSSR count). The standard InChI is InChI=1S/C14H23N3O3/c1-2-3-4-5-7-12(18)13(17-15-8-9-16-17)14-19-10-6-11-20-14/h8-9,13-14H,2-7,10-11H2,1H3. The van der Waals surface area contributed by atoms with E-state index in [0.717, 1.165) is 32.1 Å². The van der Waals surface area contributed by atoms with E-state index >= 15 is 0 Å². The Morgan fingerprint density at radius 3 is 2.60 bits per heavy atom. The predicted octanol–water partition coefficient (Wildman–Crippen LogP) is 2.12. The molecule has 0 radical (unpaired) electrons. The van der Waals surface area contributed by atoms with Gasteiger partial charge in [-0.05, 0) is 12.8 Å². The van der Waals surface area contributed by atoms with Crippen molar-refractivity contribution in [3.05, 3.63) is 12.4 Å². The van der Waals surface area contributed by atoms with Crippen LogP contribution in [-0.4, -0.2) is 40.3 Å². The van der Waals surface area contributed by atoms with Gasteiger partial charge in [-0.3, -0.25) is 4.79 Å². The summed E-state index contributed by atoms with van der Waals surface area (Å²) in [6.45, 7) is 3.39. The second-order valence-electron chi connectivity index (χ2n) is 5.03. The van der Waals surface area contributed by atoms with Crippen LogP contribution in [0.5, 0.6) is 0 Å². The molecule has 0 amide bonds. The Morgan fingerprint density at radius 2 is 1.95 bits per heavy atom. The zero-order valence-corrected chi connectivity index (χ0v) is 12.0. The van der Waals surface area contributed by atoms with Gasteiger partial charge in [-0.2, -0.15) is 15.0 Å². The third-order valence-corrected chi connectivity index (χ3v) is 3.40. The fourth-order valence-electron chi connectivity index (χ4n) is 2.32. The monoisotopic (exact) mass is 281 g/mol. The van der Waals surface area contributed by atoms with Gasteiger partial charge in [-0.15, -0.1) is 0 Å². The average molecular weight is 281 g/mol. The smallest absolute Gasteiger partial charge is 0.188 e. The summed E-state index contributed by atoms with van der Waals surface area (Å²) in [4.78, 5) is 13.9. The molecule has 6 heteroatoms. The molecule has 6 nitrogen and oxygen atoms in total. The minimum Gasteiger partial charge on any atom is -0.350 e. The molecule has 1 atom stereocenters. The van der Waals surface area contributed by atoms with Crippen LogP contribution in [0.3, 0.4) is 0 Å². The number of nitrogens with zero attached hydrogens (tertiary/aromatic N) is 3. The lowest BCUT2D eigenvalue weighted by molar-refractivity contribution is -0.204. The zero-order chi connectivity index (χ0) is 14.2. The van der Waals surface area contributed by atoms with E-state index in [1.165, 1.54) is 4.80 Å². The maximum atomic E-state index is 12.4. The number of aromatic nitrogens is 3. The highest BCUT2D eigenvalue weighted by Crippen LogP contribution is 2.21. The van der Waals surface area contributed by atoms with Crippen molar-refractivity contribution in [2.75, 3.05) is 13.2 Å². The van der Waals surface area contributed by atoms with E-state index in [-0.39, 0.29) is 5.78 Å². The molecule has 0 N–H and O–H groups in total. The quantitative estimate of drug-likeness (QED) is 0.683. The van der Waals surface area contributed by atoms with Crippen molar-refractivity contribution < 1.29 is 14.3 Å². The molecule has 20 heavy (non-hydrogen) atoms. The molecule has 1 aromatic rings. The van der Waals surface area contributed by atoms with Crippen molar-refractivity contribution in [2.45, 2.75) is 57.8 Å². The van der Waals surface area contributed by atoms with Gasteiger partial charge in [0, 0.05) is 6.42 Å². The first-order valence-corrected chi connectivity index (χ1v) is 7.44. The Hall–Kier alpha value is -1.27. The number of hydrogen-bond donors (Lipinski definition) is 0. The Morgan fingerprint density at radius 1 is 1.25 bits per heavy atom. The highest BCUT2D eigenvalue weighted by molar-refractivity contribution is 5.82. The Kier molecular flexibility index (Phi) is 6.14. The second kappa shape index (κ2) is 8.11. The lowest BCUT2D eigenvalue weighted by Gasteiger charge is -2.29. The van der Waals surface area contributed by atoms with Crippen molar-refractivity contribution in [1.82, 2.24) is 15.0 Å². The number of hydrogen-bond acceptors (Lipinski definition) is 5. The molecule has 1 fully saturated rings. The SMILES string of the molecule is CCCCCCC(=O)C(C1OCCCO1)n1nccn1. The highest BCUT2D eigenvalue weighted by atomic mass is 16.7. The van der Waals surface area contributed by atoms with E-state index in [4.69, 9.17) is 9.47 Å². The zero-order valence-electron chi connectivity index (χ0n) is 12.0. The fraction of sp³-hybridized carbons (Fsp3) is 0.786. The molecule has 1 aliphatic heterocycles. The van der Waals surface area contributed by atoms with Gasteiger partial charge in [-0.1, -0.05) is 26.2 Å². The summed E-state index contributed by atoms with van der Waals surface area (Å²) in [5, 5.41) is 8.16. The fourth-order valence-corrected chi connectivity index (χ4v) is 2.32. The third-order valence-electron chi connectivity index (χ3n) is 3.40. The summed E-state index contributed by atoms with van der Waals surface area (Å²) in [6, 6.07) is -0.563. The summed E-state index contributed by atoms with van der Waals surface area (Å²) in [6.07, 6.45) is 8.26. The Bertz CT molecular complexity index is 388. The summed E-state index contributed by atoms with van der Waals surface area (Å²) in [7, 11) is 0. The Labute approximate surface area is 119 Å². The van der Waals surface area contributed by atoms with Crippen LogP contribution >= 0.6 is 0 Å². The lowest BCUT2D eigenvalue weighted by Crippen LogP contribution is -2.39. The minimum absolute atomic E-state index is 0.0872. The van der Waals surface area contributed by atoms with Gasteiger partial charge in [0.05, 0.1) is 25.6 Å². The Balaban J connectivity index is 1.96. The molecule has 1 unspecified atom stereocenters. The van der Waals surface area contributed by atoms with Crippen LogP contribution in [0.1, 0.15) is 51.5 Å². The first kappa shape index (κ1) is 15.1. The van der Waals surface area contributed by atoms with Crippen molar-refractivity contribution in [3.8, 4) is 0 Å². The lowest BCUT2D eigenvalue weighted by atomic mass is 10.0. The number of ether oxygens (including phenoxy) is 2. The van der Waals surface area contributed by atoms with Crippen LogP contribution in [-0.2, 0) is 14.3 Å². The molecule has 0 saturated carbocycles. The number of rotatable bonds is 8. The molecule has 0 spiro atoms. The summed E-state index contributed by atoms with van der Waals surface area (Å²) in [5.74, 6) is 0.0872. The van der Waals surface area contributed by atoms with Gasteiger partial charge < -0.3 is 9.47 Å². The maximum absolute atomic E-state index is 12.4. The molecule has 1 aromatic heterocycles. The summed E-state index contributed by atoms with van der Waals surface area (Å²) >= 11 is 0. The molecule has 1 aliphatic rings. The molecule has 112 valence electrons. The van der Waals surface area contributed by atoms with E-state index in [1.807, 2.05) is 0 Å². The number of ketones is 1. The third kappa shape index (κ3) is 4.11. The van der Waals surface area contributed by atoms with Crippen LogP contribution in [0.4, 0.5) is 0 Å². The molecule has 0 aliphatic carbocycles. The topological polar surface area (TPSA) is 66.2 Å². The van der Waals surface area contributed by atoms with E-state index < -0.39 is 12.3 Å². The molecule has 0 bridgehead atoms. The molecule has 1 saturated heterocycles. The van der Waals surface area contributed by atoms with Crippen molar-refractivity contribution >= 4 is 5.78 Å². The van der Waals surface area contributed by atoms with E-state index in [9.17, 15) is 4.79 Å². The molecular weight excluding hydrogens is 258 g/mol. The van der Waals surface area contributed by atoms with Crippen LogP contribution in [0.25, 0.3) is 0 Å². The number of unbranched alkanes of at least 4 members (excludes halogenated alkanes) is 3. The molecular formula is C14H23N3O3. The van der Waals surface area contributed by atoms with Crippen molar-refractivity contribution in [2.24, 2.45) is 0 Å². The molecule has 2 heterocycles. The van der Waals surface area contributed by atoms with Gasteiger partial charge in [0.25, 0.3) is 0 Å². The first-order chi connectivity index (χ1) is 9.83. The largest absolute Gasteiger partial charge is 0.350 e. The number of carbonyl (C=O) groups is 1. The van der Waals surface area contributed by atoms with Gasteiger partial charge in [0.1, 0.15) is 0 Å². The summed E-state index contributed by atoms with van der Waals surface area (Å²) < 4.78 is 11.1. The first-order valence-electron chi connectivity index (χ1n) is 7.44. The highest BCUT2D eigenvalue weighted by Gasteiger charge is 2.34. The number of Topliss-reactive ketones (excluding diaryl/α,β-unsaturated/α-hetero) is 1. The maximum Gasteiger partial charge on any atom is 0.188 e. The normalized spacial score (nSPS) is 18.1. The van der Waals surface area contributed by atoms with E-state index in [1.54, 1.807) is 12.4 Å². The van der Waals surface area contributed by atoms with Crippen LogP contribution < -0.4 is 0 Å².